The van der Waals surface area contributed by atoms with E-state index in [1.807, 2.05) is 6.92 Å². The number of carbonyl (C=O) groups is 2. The van der Waals surface area contributed by atoms with E-state index < -0.39 is 19.4 Å². The van der Waals surface area contributed by atoms with Crippen molar-refractivity contribution in [1.29, 1.82) is 0 Å². The minimum atomic E-state index is -2.65. The Hall–Kier alpha value is -0.870. The third-order valence-electron chi connectivity index (χ3n) is 2.54. The van der Waals surface area contributed by atoms with Gasteiger partial charge in [-0.2, -0.15) is 0 Å². The molecule has 0 bridgehead atoms. The van der Waals surface area contributed by atoms with Crippen LogP contribution in [0.3, 0.4) is 0 Å². The van der Waals surface area contributed by atoms with Crippen LogP contribution in [-0.2, 0) is 13.9 Å². The van der Waals surface area contributed by atoms with Crippen LogP contribution in [0.2, 0.25) is 0 Å². The van der Waals surface area contributed by atoms with E-state index in [2.05, 4.69) is 10.6 Å². The van der Waals surface area contributed by atoms with Gasteiger partial charge in [0.1, 0.15) is 6.04 Å². The monoisotopic (exact) mass is 262 g/mol. The fourth-order valence-electron chi connectivity index (χ4n) is 1.49. The maximum Gasteiger partial charge on any atom is 0.322 e. The van der Waals surface area contributed by atoms with Crippen LogP contribution < -0.4 is 10.6 Å². The number of rotatable bonds is 7. The molecule has 7 heteroatoms. The molecule has 1 heterocycles. The van der Waals surface area contributed by atoms with Crippen molar-refractivity contribution in [2.75, 3.05) is 19.4 Å². The third-order valence-corrected chi connectivity index (χ3v) is 4.34. The molecule has 1 fully saturated rings. The van der Waals surface area contributed by atoms with E-state index >= 15 is 0 Å². The second kappa shape index (κ2) is 6.17. The van der Waals surface area contributed by atoms with Gasteiger partial charge in [0.05, 0.1) is 6.61 Å². The van der Waals surface area contributed by atoms with E-state index in [1.54, 1.807) is 6.66 Å². The first-order valence-corrected chi connectivity index (χ1v) is 8.03. The van der Waals surface area contributed by atoms with E-state index in [0.717, 1.165) is 12.8 Å². The molecule has 0 spiro atoms. The Kier molecular flexibility index (Phi) is 5.15. The smallest absolute Gasteiger partial charge is 0.322 e. The lowest BCUT2D eigenvalue weighted by molar-refractivity contribution is -0.120. The molecule has 0 saturated carbocycles. The fourth-order valence-corrected chi connectivity index (χ4v) is 2.86. The molecule has 0 radical (unpaired) electrons. The molecule has 3 amide bonds. The van der Waals surface area contributed by atoms with E-state index in [1.165, 1.54) is 0 Å². The van der Waals surface area contributed by atoms with Crippen LogP contribution in [0.5, 0.6) is 0 Å². The summed E-state index contributed by atoms with van der Waals surface area (Å²) >= 11 is 0. The van der Waals surface area contributed by atoms with Crippen molar-refractivity contribution >= 4 is 19.3 Å². The van der Waals surface area contributed by atoms with Gasteiger partial charge in [0.15, 0.2) is 7.37 Å². The Morgan fingerprint density at radius 2 is 2.12 bits per heavy atom. The summed E-state index contributed by atoms with van der Waals surface area (Å²) in [5.41, 5.74) is 0. The SMILES string of the molecule is CCCCOP(C)(=O)CC[C@@H]1NC(=O)NC1=O. The van der Waals surface area contributed by atoms with Crippen molar-refractivity contribution in [1.82, 2.24) is 10.6 Å². The first kappa shape index (κ1) is 14.2. The van der Waals surface area contributed by atoms with Crippen molar-refractivity contribution in [2.24, 2.45) is 0 Å². The zero-order chi connectivity index (χ0) is 12.9. The van der Waals surface area contributed by atoms with E-state index in [0.29, 0.717) is 19.2 Å². The average Bonchev–Trinajstić information content (AvgIpc) is 2.55. The molecule has 1 aliphatic heterocycles. The van der Waals surface area contributed by atoms with Gasteiger partial charge in [0, 0.05) is 12.8 Å². The van der Waals surface area contributed by atoms with Gasteiger partial charge in [0.25, 0.3) is 5.91 Å². The molecule has 17 heavy (non-hydrogen) atoms. The molecule has 0 aromatic heterocycles. The van der Waals surface area contributed by atoms with E-state index in [-0.39, 0.29) is 5.91 Å². The van der Waals surface area contributed by atoms with Crippen LogP contribution in [-0.4, -0.2) is 37.4 Å². The lowest BCUT2D eigenvalue weighted by Crippen LogP contribution is -2.29. The van der Waals surface area contributed by atoms with Crippen LogP contribution in [0, 0.1) is 0 Å². The molecule has 98 valence electrons. The topological polar surface area (TPSA) is 84.5 Å². The molecule has 6 nitrogen and oxygen atoms in total. The Labute approximate surface area is 101 Å². The van der Waals surface area contributed by atoms with Gasteiger partial charge in [-0.05, 0) is 12.8 Å². The normalized spacial score (nSPS) is 23.1. The van der Waals surface area contributed by atoms with Crippen molar-refractivity contribution in [2.45, 2.75) is 32.2 Å². The predicted molar refractivity (Wildman–Crippen MR) is 64.3 cm³/mol. The number of hydrogen-bond donors (Lipinski definition) is 2. The highest BCUT2D eigenvalue weighted by molar-refractivity contribution is 7.58. The van der Waals surface area contributed by atoms with Gasteiger partial charge in [0.2, 0.25) is 0 Å². The summed E-state index contributed by atoms with van der Waals surface area (Å²) in [6, 6.07) is -1.07. The minimum Gasteiger partial charge on any atom is -0.329 e. The molecule has 0 aliphatic carbocycles. The van der Waals surface area contributed by atoms with Crippen molar-refractivity contribution in [3.8, 4) is 0 Å². The summed E-state index contributed by atoms with van der Waals surface area (Å²) in [4.78, 5) is 22.1. The van der Waals surface area contributed by atoms with Gasteiger partial charge < -0.3 is 9.84 Å². The molecule has 2 N–H and O–H groups in total. The number of imide groups is 1. The van der Waals surface area contributed by atoms with E-state index in [9.17, 15) is 14.2 Å². The number of nitrogens with one attached hydrogen (secondary N) is 2. The lowest BCUT2D eigenvalue weighted by atomic mass is 10.2. The van der Waals surface area contributed by atoms with Gasteiger partial charge in [-0.25, -0.2) is 4.79 Å². The predicted octanol–water partition coefficient (Wildman–Crippen LogP) is 1.31. The fraction of sp³-hybridized carbons (Fsp3) is 0.800. The molecule has 2 atom stereocenters. The van der Waals surface area contributed by atoms with Gasteiger partial charge in [-0.15, -0.1) is 0 Å². The van der Waals surface area contributed by atoms with Gasteiger partial charge in [-0.1, -0.05) is 13.3 Å². The Morgan fingerprint density at radius 3 is 2.65 bits per heavy atom. The quantitative estimate of drug-likeness (QED) is 0.411. The Balaban J connectivity index is 2.31. The number of unbranched alkanes of at least 4 members (excludes halogenated alkanes) is 1. The molecule has 0 aromatic rings. The molecule has 1 aliphatic rings. The number of urea groups is 1. The minimum absolute atomic E-state index is 0.301. The second-order valence-electron chi connectivity index (χ2n) is 4.23. The summed E-state index contributed by atoms with van der Waals surface area (Å²) in [5.74, 6) is -0.358. The summed E-state index contributed by atoms with van der Waals surface area (Å²) in [5, 5.41) is 4.60. The Morgan fingerprint density at radius 1 is 1.41 bits per heavy atom. The molecule has 1 rings (SSSR count). The molecular weight excluding hydrogens is 243 g/mol. The van der Waals surface area contributed by atoms with Crippen LogP contribution in [0.15, 0.2) is 0 Å². The highest BCUT2D eigenvalue weighted by Crippen LogP contribution is 2.43. The molecule has 0 aromatic carbocycles. The van der Waals surface area contributed by atoms with E-state index in [4.69, 9.17) is 4.52 Å². The first-order chi connectivity index (χ1) is 7.94. The van der Waals surface area contributed by atoms with Crippen LogP contribution in [0.25, 0.3) is 0 Å². The summed E-state index contributed by atoms with van der Waals surface area (Å²) in [6.45, 7) is 4.08. The average molecular weight is 262 g/mol. The summed E-state index contributed by atoms with van der Waals surface area (Å²) < 4.78 is 17.3. The molecule has 1 unspecified atom stereocenters. The largest absolute Gasteiger partial charge is 0.329 e. The maximum atomic E-state index is 12.0. The zero-order valence-electron chi connectivity index (χ0n) is 10.2. The van der Waals surface area contributed by atoms with Gasteiger partial charge >= 0.3 is 6.03 Å². The van der Waals surface area contributed by atoms with Crippen LogP contribution >= 0.6 is 7.37 Å². The maximum absolute atomic E-state index is 12.0. The number of carbonyl (C=O) groups excluding carboxylic acids is 2. The first-order valence-electron chi connectivity index (χ1n) is 5.77. The van der Waals surface area contributed by atoms with Crippen LogP contribution in [0.1, 0.15) is 26.2 Å². The number of hydrogen-bond acceptors (Lipinski definition) is 4. The lowest BCUT2D eigenvalue weighted by Gasteiger charge is -2.15. The van der Waals surface area contributed by atoms with Gasteiger partial charge in [-0.3, -0.25) is 14.7 Å². The van der Waals surface area contributed by atoms with Crippen LogP contribution in [0.4, 0.5) is 4.79 Å². The van der Waals surface area contributed by atoms with Crippen molar-refractivity contribution in [3.63, 3.8) is 0 Å². The molecule has 1 saturated heterocycles. The third kappa shape index (κ3) is 4.88. The second-order valence-corrected chi connectivity index (χ2v) is 6.96. The summed E-state index contributed by atoms with van der Waals surface area (Å²) in [6.07, 6.45) is 2.51. The molecular formula is C10H19N2O4P. The van der Waals surface area contributed by atoms with Crippen molar-refractivity contribution < 1.29 is 18.7 Å². The zero-order valence-corrected chi connectivity index (χ0v) is 11.1. The number of amides is 3. The van der Waals surface area contributed by atoms with Crippen molar-refractivity contribution in [3.05, 3.63) is 0 Å². The Bertz CT molecular complexity index is 345. The summed E-state index contributed by atoms with van der Waals surface area (Å²) in [7, 11) is -2.65. The highest BCUT2D eigenvalue weighted by atomic mass is 31.2. The standard InChI is InChI=1S/C10H19N2O4P/c1-3-4-6-16-17(2,15)7-5-8-9(13)12-10(14)11-8/h8H,3-7H2,1-2H3,(H2,11,12,13,14)/t8-,17?/m0/s1. The highest BCUT2D eigenvalue weighted by Gasteiger charge is 2.31.